The summed E-state index contributed by atoms with van der Waals surface area (Å²) in [6.07, 6.45) is 3.25. The summed E-state index contributed by atoms with van der Waals surface area (Å²) in [5, 5.41) is 15.5. The number of furan rings is 1. The van der Waals surface area contributed by atoms with E-state index in [0.29, 0.717) is 11.8 Å². The molecule has 1 radical (unpaired) electrons. The maximum absolute atomic E-state index is 11.6. The molecule has 0 unspecified atom stereocenters. The topological polar surface area (TPSA) is 76.2 Å². The van der Waals surface area contributed by atoms with E-state index in [1.165, 1.54) is 33.5 Å². The molecule has 0 saturated heterocycles. The molecule has 53 heavy (non-hydrogen) atoms. The molecule has 0 amide bonds. The molecule has 0 fully saturated rings. The van der Waals surface area contributed by atoms with E-state index >= 15 is 0 Å². The number of hydrogen-bond acceptors (Lipinski definition) is 5. The molecule has 0 aliphatic carbocycles. The van der Waals surface area contributed by atoms with Gasteiger partial charge >= 0.3 is 0 Å². The van der Waals surface area contributed by atoms with Crippen molar-refractivity contribution in [3.63, 3.8) is 0 Å². The maximum Gasteiger partial charge on any atom is 0.164 e. The van der Waals surface area contributed by atoms with Crippen molar-refractivity contribution in [3.05, 3.63) is 95.0 Å². The van der Waals surface area contributed by atoms with E-state index in [9.17, 15) is 9.90 Å². The molecule has 0 aliphatic rings. The molecule has 0 bridgehead atoms. The number of nitrogens with zero attached hydrogens (tertiary/aromatic N) is 2. The normalized spacial score (nSPS) is 12.6. The number of aromatic nitrogens is 2. The zero-order valence-corrected chi connectivity index (χ0v) is 36.3. The van der Waals surface area contributed by atoms with Gasteiger partial charge in [0.2, 0.25) is 0 Å². The number of carbonyl (C=O) groups is 1. The number of aliphatic hydroxyl groups excluding tert-OH is 1. The van der Waals surface area contributed by atoms with Crippen LogP contribution in [-0.2, 0) is 31.3 Å². The van der Waals surface area contributed by atoms with Crippen molar-refractivity contribution in [2.45, 2.75) is 115 Å². The summed E-state index contributed by atoms with van der Waals surface area (Å²) in [6, 6.07) is 23.2. The summed E-state index contributed by atoms with van der Waals surface area (Å²) in [5.41, 5.74) is 7.73. The first kappa shape index (κ1) is 41.9. The molecule has 0 aliphatic heterocycles. The fourth-order valence-corrected chi connectivity index (χ4v) is 6.40. The molecular weight excluding hydrogens is 833 g/mol. The minimum atomic E-state index is -0.419. The third-order valence-corrected chi connectivity index (χ3v) is 10.2. The van der Waals surface area contributed by atoms with Crippen molar-refractivity contribution in [2.24, 2.45) is 16.7 Å². The summed E-state index contributed by atoms with van der Waals surface area (Å²) in [4.78, 5) is 21.9. The van der Waals surface area contributed by atoms with Gasteiger partial charge in [-0.25, -0.2) is 4.98 Å². The molecule has 6 aromatic rings. The van der Waals surface area contributed by atoms with E-state index in [1.807, 2.05) is 47.6 Å². The van der Waals surface area contributed by atoms with Crippen LogP contribution in [0.4, 0.5) is 0 Å². The van der Waals surface area contributed by atoms with Gasteiger partial charge in [0.25, 0.3) is 0 Å². The van der Waals surface area contributed by atoms with Gasteiger partial charge in [-0.1, -0.05) is 130 Å². The van der Waals surface area contributed by atoms with Crippen LogP contribution in [0.5, 0.6) is 0 Å². The summed E-state index contributed by atoms with van der Waals surface area (Å²) in [6.45, 7) is 26.9. The van der Waals surface area contributed by atoms with Crippen LogP contribution < -0.4 is 0 Å². The van der Waals surface area contributed by atoms with Crippen molar-refractivity contribution >= 4 is 49.4 Å². The average Bonchev–Trinajstić information content (AvgIpc) is 3.45. The van der Waals surface area contributed by atoms with Gasteiger partial charge in [-0.05, 0) is 65.1 Å². The molecule has 6 rings (SSSR count). The first-order valence-corrected chi connectivity index (χ1v) is 18.9. The number of allylic oxidation sites excluding steroid dienone is 2. The fourth-order valence-electron chi connectivity index (χ4n) is 6.40. The molecular formula is C47H57IrN2O3-. The Morgan fingerprint density at radius 2 is 1.57 bits per heavy atom. The number of fused-ring (bicyclic) bond motifs is 6. The van der Waals surface area contributed by atoms with Crippen molar-refractivity contribution in [1.29, 1.82) is 0 Å². The van der Waals surface area contributed by atoms with Crippen molar-refractivity contribution < 1.29 is 34.4 Å². The van der Waals surface area contributed by atoms with Gasteiger partial charge in [0.1, 0.15) is 17.2 Å². The molecule has 0 atom stereocenters. The third kappa shape index (κ3) is 8.93. The van der Waals surface area contributed by atoms with E-state index in [4.69, 9.17) is 14.4 Å². The zero-order valence-electron chi connectivity index (χ0n) is 33.9. The summed E-state index contributed by atoms with van der Waals surface area (Å²) < 4.78 is 6.55. The molecule has 1 N–H and O–H groups in total. The Hall–Kier alpha value is -3.86. The van der Waals surface area contributed by atoms with Crippen LogP contribution in [-0.4, -0.2) is 20.9 Å². The number of aryl methyl sites for hydroxylation is 1. The Labute approximate surface area is 330 Å². The minimum Gasteiger partial charge on any atom is -0.512 e. The smallest absolute Gasteiger partial charge is 0.164 e. The number of ketones is 1. The van der Waals surface area contributed by atoms with E-state index < -0.39 is 5.41 Å². The minimum absolute atomic E-state index is 0. The quantitative estimate of drug-likeness (QED) is 0.0713. The molecule has 0 saturated carbocycles. The van der Waals surface area contributed by atoms with Crippen LogP contribution in [0, 0.1) is 29.7 Å². The van der Waals surface area contributed by atoms with Crippen LogP contribution >= 0.6 is 0 Å². The summed E-state index contributed by atoms with van der Waals surface area (Å²) in [7, 11) is 0. The molecule has 2 heterocycles. The van der Waals surface area contributed by atoms with Crippen LogP contribution in [0.3, 0.4) is 0 Å². The molecule has 283 valence electrons. The standard InChI is InChI=1S/C35H35N2O.C12H22O2.Ir/c1-19(2)15-23-16-22(7)31-25(17-23)12-14-28-32(36-35(21(5)6)37-33(28)31)29-10-8-9-27-26-13-11-24(20(3)4)18-30(26)38-34(27)29;1-7-12(5,6)10(14)8-9(13)11(2,3)4;/h8-9,11-14,16-21H,15H2,1-7H3;8,14H,7H2,1-6H3;/q-1;;/b;10-8-;. The molecule has 2 aromatic heterocycles. The zero-order chi connectivity index (χ0) is 38.3. The maximum atomic E-state index is 11.6. The SMILES string of the molecule is CCC(C)(C)/C(O)=C/C(=O)C(C)(C)C.Cc1cc(CC(C)C)cc2ccc3c(-c4[c-]ccc5c4oc4cc(C(C)C)ccc45)nc(C(C)C)nc3c12.[Ir]. The van der Waals surface area contributed by atoms with E-state index in [0.717, 1.165) is 62.8 Å². The van der Waals surface area contributed by atoms with Crippen molar-refractivity contribution in [3.8, 4) is 11.3 Å². The molecule has 6 heteroatoms. The fraction of sp³-hybridized carbons (Fsp3) is 0.426. The average molecular weight is 890 g/mol. The van der Waals surface area contributed by atoms with Crippen LogP contribution in [0.2, 0.25) is 0 Å². The molecule has 4 aromatic carbocycles. The van der Waals surface area contributed by atoms with Gasteiger partial charge in [-0.2, -0.15) is 0 Å². The van der Waals surface area contributed by atoms with Crippen molar-refractivity contribution in [1.82, 2.24) is 9.97 Å². The second kappa shape index (κ2) is 16.2. The van der Waals surface area contributed by atoms with Gasteiger partial charge in [0.15, 0.2) is 5.78 Å². The third-order valence-electron chi connectivity index (χ3n) is 10.2. The number of hydrogen-bond donors (Lipinski definition) is 1. The van der Waals surface area contributed by atoms with Crippen LogP contribution in [0.1, 0.15) is 124 Å². The van der Waals surface area contributed by atoms with Gasteiger partial charge in [-0.15, -0.1) is 18.2 Å². The first-order chi connectivity index (χ1) is 24.3. The van der Waals surface area contributed by atoms with Gasteiger partial charge in [0, 0.05) is 59.4 Å². The first-order valence-electron chi connectivity index (χ1n) is 18.9. The molecule has 5 nitrogen and oxygen atoms in total. The molecule has 0 spiro atoms. The number of carbonyl (C=O) groups excluding carboxylic acids is 1. The predicted octanol–water partition coefficient (Wildman–Crippen LogP) is 13.4. The van der Waals surface area contributed by atoms with E-state index in [2.05, 4.69) is 103 Å². The van der Waals surface area contributed by atoms with Gasteiger partial charge < -0.3 is 9.52 Å². The number of rotatable bonds is 8. The van der Waals surface area contributed by atoms with E-state index in [-0.39, 0.29) is 43.0 Å². The summed E-state index contributed by atoms with van der Waals surface area (Å²) >= 11 is 0. The Morgan fingerprint density at radius 1 is 0.887 bits per heavy atom. The van der Waals surface area contributed by atoms with Crippen molar-refractivity contribution in [2.75, 3.05) is 0 Å². The second-order valence-electron chi connectivity index (χ2n) is 17.1. The second-order valence-corrected chi connectivity index (χ2v) is 17.1. The van der Waals surface area contributed by atoms with Crippen LogP contribution in [0.15, 0.2) is 70.8 Å². The number of aliphatic hydroxyl groups is 1. The Bertz CT molecular complexity index is 2300. The Balaban J connectivity index is 0.000000358. The monoisotopic (exact) mass is 890 g/mol. The Kier molecular flexibility index (Phi) is 12.8. The largest absolute Gasteiger partial charge is 0.512 e. The van der Waals surface area contributed by atoms with Gasteiger partial charge in [-0.3, -0.25) is 9.78 Å². The van der Waals surface area contributed by atoms with Crippen LogP contribution in [0.25, 0.3) is 54.9 Å². The summed E-state index contributed by atoms with van der Waals surface area (Å²) in [5.74, 6) is 2.24. The van der Waals surface area contributed by atoms with E-state index in [1.54, 1.807) is 0 Å². The Morgan fingerprint density at radius 3 is 2.17 bits per heavy atom. The predicted molar refractivity (Wildman–Crippen MR) is 219 cm³/mol. The number of benzene rings is 4. The van der Waals surface area contributed by atoms with Gasteiger partial charge in [0.05, 0.1) is 11.1 Å².